The Morgan fingerprint density at radius 1 is 1.12 bits per heavy atom. The zero-order valence-corrected chi connectivity index (χ0v) is 13.5. The van der Waals surface area contributed by atoms with Crippen molar-refractivity contribution in [3.63, 3.8) is 0 Å². The van der Waals surface area contributed by atoms with E-state index in [9.17, 15) is 30.8 Å². The molecule has 0 atom stereocenters. The largest absolute Gasteiger partial charge is 0.478 e. The molecule has 0 amide bonds. The summed E-state index contributed by atoms with van der Waals surface area (Å²) >= 11 is 5.68. The maximum absolute atomic E-state index is 13.8. The molecule has 11 heteroatoms. The number of nitrogens with one attached hydrogen (secondary N) is 1. The van der Waals surface area contributed by atoms with E-state index in [4.69, 9.17) is 16.7 Å². The number of sulfonamides is 1. The Morgan fingerprint density at radius 3 is 2.32 bits per heavy atom. The van der Waals surface area contributed by atoms with Crippen molar-refractivity contribution in [1.82, 2.24) is 0 Å². The van der Waals surface area contributed by atoms with Gasteiger partial charge in [0.2, 0.25) is 0 Å². The van der Waals surface area contributed by atoms with Gasteiger partial charge in [0.25, 0.3) is 10.0 Å². The molecule has 25 heavy (non-hydrogen) atoms. The molecule has 0 spiro atoms. The third kappa shape index (κ3) is 4.20. The van der Waals surface area contributed by atoms with Crippen LogP contribution in [0.3, 0.4) is 0 Å². The van der Waals surface area contributed by atoms with Gasteiger partial charge < -0.3 is 5.11 Å². The summed E-state index contributed by atoms with van der Waals surface area (Å²) in [5, 5.41) is 8.49. The molecule has 5 nitrogen and oxygen atoms in total. The number of aromatic carboxylic acids is 1. The van der Waals surface area contributed by atoms with Crippen LogP contribution >= 0.6 is 11.6 Å². The van der Waals surface area contributed by atoms with Crippen molar-refractivity contribution in [1.29, 1.82) is 0 Å². The van der Waals surface area contributed by atoms with Gasteiger partial charge in [-0.1, -0.05) is 11.6 Å². The first-order chi connectivity index (χ1) is 11.4. The molecule has 0 aliphatic heterocycles. The summed E-state index contributed by atoms with van der Waals surface area (Å²) in [6, 6.07) is 3.91. The second kappa shape index (κ2) is 6.52. The molecule has 2 aromatic carbocycles. The molecule has 0 unspecified atom stereocenters. The molecule has 0 saturated heterocycles. The summed E-state index contributed by atoms with van der Waals surface area (Å²) in [6.45, 7) is 0. The zero-order valence-electron chi connectivity index (χ0n) is 11.9. The van der Waals surface area contributed by atoms with Crippen molar-refractivity contribution in [3.8, 4) is 0 Å². The fourth-order valence-electron chi connectivity index (χ4n) is 1.82. The Morgan fingerprint density at radius 2 is 1.76 bits per heavy atom. The maximum Gasteiger partial charge on any atom is 0.416 e. The Labute approximate surface area is 143 Å². The molecular formula is C14H8ClF4NO4S. The van der Waals surface area contributed by atoms with Crippen LogP contribution in [0.25, 0.3) is 0 Å². The van der Waals surface area contributed by atoms with Crippen molar-refractivity contribution in [2.45, 2.75) is 11.1 Å². The van der Waals surface area contributed by atoms with Crippen LogP contribution in [0.5, 0.6) is 0 Å². The van der Waals surface area contributed by atoms with Gasteiger partial charge in [0.15, 0.2) is 0 Å². The number of rotatable bonds is 4. The molecule has 2 N–H and O–H groups in total. The van der Waals surface area contributed by atoms with Gasteiger partial charge in [0.1, 0.15) is 10.7 Å². The Hall–Kier alpha value is -2.33. The van der Waals surface area contributed by atoms with Gasteiger partial charge in [-0.15, -0.1) is 0 Å². The number of carboxylic acids is 1. The minimum Gasteiger partial charge on any atom is -0.478 e. The van der Waals surface area contributed by atoms with Gasteiger partial charge in [-0.2, -0.15) is 13.2 Å². The van der Waals surface area contributed by atoms with E-state index >= 15 is 0 Å². The van der Waals surface area contributed by atoms with E-state index in [1.54, 1.807) is 4.72 Å². The van der Waals surface area contributed by atoms with Crippen LogP contribution in [0.1, 0.15) is 15.9 Å². The highest BCUT2D eigenvalue weighted by molar-refractivity contribution is 7.92. The molecule has 0 aromatic heterocycles. The molecule has 0 radical (unpaired) electrons. The van der Waals surface area contributed by atoms with E-state index in [-0.39, 0.29) is 5.02 Å². The van der Waals surface area contributed by atoms with Crippen molar-refractivity contribution in [2.24, 2.45) is 0 Å². The molecule has 2 rings (SSSR count). The number of carboxylic acid groups (broad SMARTS) is 1. The fourth-order valence-corrected chi connectivity index (χ4v) is 3.22. The second-order valence-corrected chi connectivity index (χ2v) is 6.81. The molecule has 2 aromatic rings. The lowest BCUT2D eigenvalue weighted by Crippen LogP contribution is -2.16. The van der Waals surface area contributed by atoms with E-state index in [0.717, 1.165) is 12.1 Å². The summed E-state index contributed by atoms with van der Waals surface area (Å²) in [7, 11) is -4.72. The van der Waals surface area contributed by atoms with Gasteiger partial charge in [0.05, 0.1) is 21.8 Å². The van der Waals surface area contributed by atoms with Gasteiger partial charge in [-0.25, -0.2) is 17.6 Å². The SMILES string of the molecule is O=C(O)c1ccc(F)c(S(=O)(=O)Nc2cc(C(F)(F)F)ccc2Cl)c1. The molecular weight excluding hydrogens is 390 g/mol. The lowest BCUT2D eigenvalue weighted by Gasteiger charge is -2.13. The quantitative estimate of drug-likeness (QED) is 0.764. The van der Waals surface area contributed by atoms with Crippen LogP contribution in [0.4, 0.5) is 23.2 Å². The van der Waals surface area contributed by atoms with Crippen molar-refractivity contribution < 1.29 is 35.9 Å². The van der Waals surface area contributed by atoms with Crippen molar-refractivity contribution in [3.05, 3.63) is 58.4 Å². The topological polar surface area (TPSA) is 83.5 Å². The predicted molar refractivity (Wildman–Crippen MR) is 80.6 cm³/mol. The number of hydrogen-bond acceptors (Lipinski definition) is 3. The van der Waals surface area contributed by atoms with Crippen LogP contribution in [0.15, 0.2) is 41.3 Å². The summed E-state index contributed by atoms with van der Waals surface area (Å²) in [4.78, 5) is 9.83. The van der Waals surface area contributed by atoms with Gasteiger partial charge in [0, 0.05) is 0 Å². The molecule has 0 heterocycles. The number of alkyl halides is 3. The van der Waals surface area contributed by atoms with E-state index in [0.29, 0.717) is 24.3 Å². The minimum atomic E-state index is -4.75. The van der Waals surface area contributed by atoms with Crippen LogP contribution in [-0.4, -0.2) is 19.5 Å². The first-order valence-corrected chi connectivity index (χ1v) is 8.20. The first-order valence-electron chi connectivity index (χ1n) is 6.34. The van der Waals surface area contributed by atoms with Crippen molar-refractivity contribution >= 4 is 33.3 Å². The molecule has 134 valence electrons. The number of halogens is 5. The van der Waals surface area contributed by atoms with Crippen molar-refractivity contribution in [2.75, 3.05) is 4.72 Å². The molecule has 0 fully saturated rings. The average molecular weight is 398 g/mol. The standard InChI is InChI=1S/C14H8ClF4NO4S/c15-9-3-2-8(14(17,18)19)6-11(9)20-25(23,24)12-5-7(13(21)22)1-4-10(12)16/h1-6,20H,(H,21,22). The predicted octanol–water partition coefficient (Wildman–Crippen LogP) is 4.00. The van der Waals surface area contributed by atoms with E-state index in [1.807, 2.05) is 0 Å². The summed E-state index contributed by atoms with van der Waals surface area (Å²) in [5.74, 6) is -2.78. The normalized spacial score (nSPS) is 12.0. The molecule has 0 bridgehead atoms. The third-order valence-electron chi connectivity index (χ3n) is 3.01. The highest BCUT2D eigenvalue weighted by Gasteiger charge is 2.31. The Bertz CT molecular complexity index is 944. The van der Waals surface area contributed by atoms with Gasteiger partial charge >= 0.3 is 12.1 Å². The van der Waals surface area contributed by atoms with E-state index < -0.39 is 49.7 Å². The Kier molecular flexibility index (Phi) is 4.96. The Balaban J connectivity index is 2.50. The first kappa shape index (κ1) is 19.0. The number of hydrogen-bond donors (Lipinski definition) is 2. The average Bonchev–Trinajstić information content (AvgIpc) is 2.48. The number of benzene rings is 2. The van der Waals surface area contributed by atoms with E-state index in [2.05, 4.69) is 0 Å². The van der Waals surface area contributed by atoms with Gasteiger partial charge in [-0.3, -0.25) is 4.72 Å². The van der Waals surface area contributed by atoms with Crippen LogP contribution in [0, 0.1) is 5.82 Å². The number of carbonyl (C=O) groups is 1. The van der Waals surface area contributed by atoms with Crippen LogP contribution in [0.2, 0.25) is 5.02 Å². The van der Waals surface area contributed by atoms with E-state index in [1.165, 1.54) is 0 Å². The van der Waals surface area contributed by atoms with Crippen LogP contribution < -0.4 is 4.72 Å². The highest BCUT2D eigenvalue weighted by Crippen LogP contribution is 2.34. The summed E-state index contributed by atoms with van der Waals surface area (Å²) in [5.41, 5.74) is -2.32. The summed E-state index contributed by atoms with van der Waals surface area (Å²) in [6.07, 6.45) is -4.75. The third-order valence-corrected chi connectivity index (χ3v) is 4.72. The number of anilines is 1. The molecule has 0 saturated carbocycles. The second-order valence-electron chi connectivity index (χ2n) is 4.75. The van der Waals surface area contributed by atoms with Gasteiger partial charge in [-0.05, 0) is 36.4 Å². The maximum atomic E-state index is 13.8. The van der Waals surface area contributed by atoms with Crippen LogP contribution in [-0.2, 0) is 16.2 Å². The summed E-state index contributed by atoms with van der Waals surface area (Å²) < 4.78 is 78.1. The fraction of sp³-hybridized carbons (Fsp3) is 0.0714. The molecule has 0 aliphatic rings. The minimum absolute atomic E-state index is 0.355. The smallest absolute Gasteiger partial charge is 0.416 e. The lowest BCUT2D eigenvalue weighted by atomic mass is 10.2. The molecule has 0 aliphatic carbocycles. The zero-order chi connectivity index (χ0) is 19.0. The lowest BCUT2D eigenvalue weighted by molar-refractivity contribution is -0.137. The highest BCUT2D eigenvalue weighted by atomic mass is 35.5. The monoisotopic (exact) mass is 397 g/mol.